The number of unbranched alkanes of at least 4 members (excludes halogenated alkanes) is 2. The number of anilines is 1. The van der Waals surface area contributed by atoms with Crippen LogP contribution in [0.1, 0.15) is 56.8 Å². The van der Waals surface area contributed by atoms with E-state index in [0.717, 1.165) is 6.42 Å². The number of nitrogen functional groups attached to an aromatic ring is 1. The average Bonchev–Trinajstić information content (AvgIpc) is 2.45. The number of benzene rings is 1. The van der Waals surface area contributed by atoms with Crippen molar-refractivity contribution >= 4 is 11.6 Å². The van der Waals surface area contributed by atoms with Gasteiger partial charge in [0.25, 0.3) is 5.91 Å². The minimum absolute atomic E-state index is 0.0956. The second-order valence-corrected chi connectivity index (χ2v) is 6.26. The molecule has 0 aliphatic heterocycles. The Morgan fingerprint density at radius 1 is 1.33 bits per heavy atom. The van der Waals surface area contributed by atoms with Crippen LogP contribution in [-0.4, -0.2) is 19.6 Å². The second kappa shape index (κ2) is 7.91. The van der Waals surface area contributed by atoms with E-state index < -0.39 is 0 Å². The number of carbonyl (C=O) groups excluding carboxylic acids is 1. The number of carbonyl (C=O) groups is 1. The van der Waals surface area contributed by atoms with E-state index >= 15 is 0 Å². The fraction of sp³-hybridized carbons (Fsp3) is 0.588. The highest BCUT2D eigenvalue weighted by molar-refractivity contribution is 5.97. The summed E-state index contributed by atoms with van der Waals surface area (Å²) in [5.41, 5.74) is 6.89. The predicted octanol–water partition coefficient (Wildman–Crippen LogP) is 3.61. The zero-order chi connectivity index (χ0) is 15.9. The van der Waals surface area contributed by atoms with Crippen molar-refractivity contribution in [2.45, 2.75) is 46.5 Å². The Labute approximate surface area is 128 Å². The van der Waals surface area contributed by atoms with Gasteiger partial charge in [0.1, 0.15) is 5.75 Å². The van der Waals surface area contributed by atoms with Gasteiger partial charge in [-0.05, 0) is 30.0 Å². The van der Waals surface area contributed by atoms with Crippen molar-refractivity contribution in [1.82, 2.24) is 5.32 Å². The highest BCUT2D eigenvalue weighted by Crippen LogP contribution is 2.24. The van der Waals surface area contributed by atoms with Crippen LogP contribution in [0.15, 0.2) is 18.2 Å². The summed E-state index contributed by atoms with van der Waals surface area (Å²) in [6, 6.07) is 5.10. The van der Waals surface area contributed by atoms with Gasteiger partial charge in [-0.15, -0.1) is 0 Å². The summed E-state index contributed by atoms with van der Waals surface area (Å²) in [5, 5.41) is 2.99. The number of amides is 1. The Kier molecular flexibility index (Phi) is 6.53. The Bertz CT molecular complexity index is 470. The molecule has 0 radical (unpaired) electrons. The van der Waals surface area contributed by atoms with Crippen molar-refractivity contribution in [1.29, 1.82) is 0 Å². The SMILES string of the molecule is CCCCCC(C)(C)CNC(=O)c1cc(N)ccc1OC. The molecule has 0 heterocycles. The van der Waals surface area contributed by atoms with Crippen LogP contribution in [0, 0.1) is 5.41 Å². The first-order valence-electron chi connectivity index (χ1n) is 7.61. The molecule has 0 spiro atoms. The first-order valence-corrected chi connectivity index (χ1v) is 7.61. The number of hydrogen-bond acceptors (Lipinski definition) is 3. The molecule has 1 aromatic rings. The summed E-state index contributed by atoms with van der Waals surface area (Å²) in [7, 11) is 1.55. The number of rotatable bonds is 8. The van der Waals surface area contributed by atoms with E-state index in [4.69, 9.17) is 10.5 Å². The fourth-order valence-electron chi connectivity index (χ4n) is 2.26. The summed E-state index contributed by atoms with van der Waals surface area (Å²) in [4.78, 5) is 12.3. The number of methoxy groups -OCH3 is 1. The third-order valence-electron chi connectivity index (χ3n) is 3.65. The van der Waals surface area contributed by atoms with Crippen molar-refractivity contribution in [3.05, 3.63) is 23.8 Å². The van der Waals surface area contributed by atoms with E-state index in [9.17, 15) is 4.79 Å². The van der Waals surface area contributed by atoms with Crippen LogP contribution in [0.4, 0.5) is 5.69 Å². The lowest BCUT2D eigenvalue weighted by Gasteiger charge is -2.25. The molecule has 3 N–H and O–H groups in total. The van der Waals surface area contributed by atoms with Crippen molar-refractivity contribution < 1.29 is 9.53 Å². The van der Waals surface area contributed by atoms with Gasteiger partial charge in [0, 0.05) is 12.2 Å². The van der Waals surface area contributed by atoms with Gasteiger partial charge >= 0.3 is 0 Å². The molecule has 21 heavy (non-hydrogen) atoms. The Morgan fingerprint density at radius 3 is 2.67 bits per heavy atom. The van der Waals surface area contributed by atoms with Gasteiger partial charge in [-0.25, -0.2) is 0 Å². The van der Waals surface area contributed by atoms with Crippen LogP contribution in [0.5, 0.6) is 5.75 Å². The van der Waals surface area contributed by atoms with Crippen LogP contribution in [0.3, 0.4) is 0 Å². The largest absolute Gasteiger partial charge is 0.496 e. The van der Waals surface area contributed by atoms with E-state index in [1.54, 1.807) is 25.3 Å². The van der Waals surface area contributed by atoms with Gasteiger partial charge in [0.05, 0.1) is 12.7 Å². The quantitative estimate of drug-likeness (QED) is 0.568. The van der Waals surface area contributed by atoms with E-state index in [0.29, 0.717) is 23.5 Å². The van der Waals surface area contributed by atoms with Crippen LogP contribution < -0.4 is 15.8 Å². The normalized spacial score (nSPS) is 11.2. The lowest BCUT2D eigenvalue weighted by molar-refractivity contribution is 0.0931. The van der Waals surface area contributed by atoms with E-state index in [1.165, 1.54) is 19.3 Å². The molecule has 0 aliphatic carbocycles. The number of nitrogens with one attached hydrogen (secondary N) is 1. The maximum Gasteiger partial charge on any atom is 0.255 e. The molecule has 1 aromatic carbocycles. The molecule has 118 valence electrons. The van der Waals surface area contributed by atoms with E-state index in [1.807, 2.05) is 0 Å². The van der Waals surface area contributed by atoms with Gasteiger partial charge in [0.15, 0.2) is 0 Å². The summed E-state index contributed by atoms with van der Waals surface area (Å²) in [6.45, 7) is 7.20. The number of hydrogen-bond donors (Lipinski definition) is 2. The van der Waals surface area contributed by atoms with Crippen molar-refractivity contribution in [3.63, 3.8) is 0 Å². The minimum atomic E-state index is -0.136. The lowest BCUT2D eigenvalue weighted by atomic mass is 9.87. The van der Waals surface area contributed by atoms with Crippen LogP contribution in [-0.2, 0) is 0 Å². The summed E-state index contributed by atoms with van der Waals surface area (Å²) in [5.74, 6) is 0.410. The Balaban J connectivity index is 2.63. The predicted molar refractivity (Wildman–Crippen MR) is 87.7 cm³/mol. The molecular weight excluding hydrogens is 264 g/mol. The zero-order valence-corrected chi connectivity index (χ0v) is 13.7. The van der Waals surface area contributed by atoms with Gasteiger partial charge in [-0.2, -0.15) is 0 Å². The Hall–Kier alpha value is -1.71. The number of nitrogens with two attached hydrogens (primary N) is 1. The van der Waals surface area contributed by atoms with E-state index in [-0.39, 0.29) is 11.3 Å². The maximum absolute atomic E-state index is 12.3. The average molecular weight is 292 g/mol. The highest BCUT2D eigenvalue weighted by atomic mass is 16.5. The Morgan fingerprint density at radius 2 is 2.05 bits per heavy atom. The molecule has 4 nitrogen and oxygen atoms in total. The monoisotopic (exact) mass is 292 g/mol. The standard InChI is InChI=1S/C17H28N2O2/c1-5-6-7-10-17(2,3)12-19-16(20)14-11-13(18)8-9-15(14)21-4/h8-9,11H,5-7,10,12,18H2,1-4H3,(H,19,20). The van der Waals surface area contributed by atoms with Gasteiger partial charge in [-0.3, -0.25) is 4.79 Å². The molecule has 0 aromatic heterocycles. The van der Waals surface area contributed by atoms with E-state index in [2.05, 4.69) is 26.1 Å². The first kappa shape index (κ1) is 17.3. The third-order valence-corrected chi connectivity index (χ3v) is 3.65. The van der Waals surface area contributed by atoms with Gasteiger partial charge in [-0.1, -0.05) is 40.0 Å². The summed E-state index contributed by atoms with van der Waals surface area (Å²) in [6.07, 6.45) is 4.75. The summed E-state index contributed by atoms with van der Waals surface area (Å²) >= 11 is 0. The minimum Gasteiger partial charge on any atom is -0.496 e. The lowest BCUT2D eigenvalue weighted by Crippen LogP contribution is -2.34. The third kappa shape index (κ3) is 5.66. The fourth-order valence-corrected chi connectivity index (χ4v) is 2.26. The molecule has 1 amide bonds. The van der Waals surface area contributed by atoms with Crippen molar-refractivity contribution in [3.8, 4) is 5.75 Å². The van der Waals surface area contributed by atoms with Crippen LogP contribution in [0.25, 0.3) is 0 Å². The topological polar surface area (TPSA) is 64.4 Å². The molecule has 4 heteroatoms. The molecule has 0 unspecified atom stereocenters. The molecule has 0 bridgehead atoms. The first-order chi connectivity index (χ1) is 9.89. The molecule has 0 atom stereocenters. The smallest absolute Gasteiger partial charge is 0.255 e. The van der Waals surface area contributed by atoms with Crippen LogP contribution in [0.2, 0.25) is 0 Å². The van der Waals surface area contributed by atoms with Crippen LogP contribution >= 0.6 is 0 Å². The second-order valence-electron chi connectivity index (χ2n) is 6.26. The van der Waals surface area contributed by atoms with Gasteiger partial charge < -0.3 is 15.8 Å². The molecule has 0 saturated carbocycles. The van der Waals surface area contributed by atoms with Crippen molar-refractivity contribution in [2.75, 3.05) is 19.4 Å². The molecular formula is C17H28N2O2. The highest BCUT2D eigenvalue weighted by Gasteiger charge is 2.20. The summed E-state index contributed by atoms with van der Waals surface area (Å²) < 4.78 is 5.22. The van der Waals surface area contributed by atoms with Gasteiger partial charge in [0.2, 0.25) is 0 Å². The molecule has 1 rings (SSSR count). The molecule has 0 fully saturated rings. The molecule has 0 saturated heterocycles. The maximum atomic E-state index is 12.3. The number of ether oxygens (including phenoxy) is 1. The zero-order valence-electron chi connectivity index (χ0n) is 13.7. The van der Waals surface area contributed by atoms with Crippen molar-refractivity contribution in [2.24, 2.45) is 5.41 Å². The molecule has 0 aliphatic rings.